The molecule has 3 aliphatic rings. The SMILES string of the molecule is C=CCCC(=O)N[C@H](C)[C@@H](OC(=O)[C@@H]1[C@H]2C(=O)N(CCCCCO)[C@H](C(=O)N(CC=C)c3ccc4ccccc4c3)[C@]23CC[C@H]1O3)c1ccccc1. The molecule has 3 heterocycles. The first-order valence-corrected chi connectivity index (χ1v) is 18.4. The van der Waals surface area contributed by atoms with Crippen molar-refractivity contribution in [2.75, 3.05) is 24.6 Å². The van der Waals surface area contributed by atoms with Gasteiger partial charge < -0.3 is 29.7 Å². The van der Waals surface area contributed by atoms with Crippen molar-refractivity contribution in [2.45, 2.75) is 81.8 Å². The number of hydrogen-bond donors (Lipinski definition) is 2. The molecule has 3 aromatic carbocycles. The molecule has 10 nitrogen and oxygen atoms in total. The van der Waals surface area contributed by atoms with Crippen molar-refractivity contribution in [2.24, 2.45) is 11.8 Å². The highest BCUT2D eigenvalue weighted by Crippen LogP contribution is 2.59. The van der Waals surface area contributed by atoms with E-state index in [1.807, 2.05) is 72.8 Å². The third-order valence-electron chi connectivity index (χ3n) is 10.8. The molecule has 0 unspecified atom stereocenters. The first kappa shape index (κ1) is 37.0. The van der Waals surface area contributed by atoms with Crippen LogP contribution in [0.2, 0.25) is 0 Å². The Hall–Kier alpha value is -4.80. The number of allylic oxidation sites excluding steroid dienone is 1. The Morgan fingerprint density at radius 1 is 1.04 bits per heavy atom. The number of esters is 1. The van der Waals surface area contributed by atoms with Crippen LogP contribution in [0.5, 0.6) is 0 Å². The Bertz CT molecular complexity index is 1800. The van der Waals surface area contributed by atoms with Crippen molar-refractivity contribution < 1.29 is 33.8 Å². The number of unbranched alkanes of at least 4 members (excludes halogenated alkanes) is 2. The Morgan fingerprint density at radius 3 is 2.52 bits per heavy atom. The molecule has 3 aliphatic heterocycles. The summed E-state index contributed by atoms with van der Waals surface area (Å²) in [5.41, 5.74) is 0.162. The molecule has 7 atom stereocenters. The van der Waals surface area contributed by atoms with Gasteiger partial charge in [0.15, 0.2) is 0 Å². The average molecular weight is 708 g/mol. The van der Waals surface area contributed by atoms with Crippen molar-refractivity contribution in [1.29, 1.82) is 0 Å². The molecule has 3 saturated heterocycles. The maximum absolute atomic E-state index is 15.0. The minimum Gasteiger partial charge on any atom is -0.455 e. The lowest BCUT2D eigenvalue weighted by atomic mass is 9.70. The second-order valence-corrected chi connectivity index (χ2v) is 14.1. The van der Waals surface area contributed by atoms with Crippen LogP contribution < -0.4 is 10.2 Å². The van der Waals surface area contributed by atoms with Gasteiger partial charge in [-0.25, -0.2) is 0 Å². The summed E-state index contributed by atoms with van der Waals surface area (Å²) in [5.74, 6) is -3.21. The molecule has 52 heavy (non-hydrogen) atoms. The van der Waals surface area contributed by atoms with Crippen LogP contribution in [0.4, 0.5) is 5.69 Å². The van der Waals surface area contributed by atoms with E-state index in [0.717, 1.165) is 10.8 Å². The molecule has 274 valence electrons. The Morgan fingerprint density at radius 2 is 1.79 bits per heavy atom. The number of aliphatic hydroxyl groups is 1. The third-order valence-corrected chi connectivity index (χ3v) is 10.8. The van der Waals surface area contributed by atoms with Gasteiger partial charge in [0.2, 0.25) is 11.8 Å². The molecule has 10 heteroatoms. The van der Waals surface area contributed by atoms with E-state index in [-0.39, 0.29) is 43.8 Å². The van der Waals surface area contributed by atoms with E-state index in [9.17, 15) is 24.3 Å². The number of nitrogens with one attached hydrogen (secondary N) is 1. The van der Waals surface area contributed by atoms with Gasteiger partial charge in [-0.05, 0) is 73.9 Å². The predicted molar refractivity (Wildman–Crippen MR) is 199 cm³/mol. The van der Waals surface area contributed by atoms with E-state index < -0.39 is 47.7 Å². The highest BCUT2D eigenvalue weighted by Gasteiger charge is 2.75. The van der Waals surface area contributed by atoms with Crippen molar-refractivity contribution in [3.8, 4) is 0 Å². The quantitative estimate of drug-likeness (QED) is 0.106. The first-order chi connectivity index (χ1) is 25.2. The molecule has 1 spiro atoms. The lowest BCUT2D eigenvalue weighted by molar-refractivity contribution is -0.162. The number of anilines is 1. The van der Waals surface area contributed by atoms with Crippen LogP contribution in [0, 0.1) is 11.8 Å². The Kier molecular flexibility index (Phi) is 11.6. The number of nitrogens with zero attached hydrogens (tertiary/aromatic N) is 2. The smallest absolute Gasteiger partial charge is 0.313 e. The largest absolute Gasteiger partial charge is 0.455 e. The normalized spacial score (nSPS) is 24.3. The van der Waals surface area contributed by atoms with Gasteiger partial charge in [-0.1, -0.05) is 72.8 Å². The van der Waals surface area contributed by atoms with Gasteiger partial charge in [-0.15, -0.1) is 13.2 Å². The molecule has 2 bridgehead atoms. The average Bonchev–Trinajstić information content (AvgIpc) is 3.80. The van der Waals surface area contributed by atoms with Crippen LogP contribution in [0.25, 0.3) is 10.8 Å². The zero-order valence-corrected chi connectivity index (χ0v) is 29.8. The molecule has 0 aliphatic carbocycles. The van der Waals surface area contributed by atoms with Gasteiger partial charge in [0.1, 0.15) is 17.7 Å². The Labute approximate surface area is 305 Å². The summed E-state index contributed by atoms with van der Waals surface area (Å²) in [6, 6.07) is 21.4. The summed E-state index contributed by atoms with van der Waals surface area (Å²) in [6.45, 7) is 9.94. The van der Waals surface area contributed by atoms with Gasteiger partial charge in [0.25, 0.3) is 5.91 Å². The van der Waals surface area contributed by atoms with Gasteiger partial charge >= 0.3 is 5.97 Å². The lowest BCUT2D eigenvalue weighted by Crippen LogP contribution is -2.56. The zero-order chi connectivity index (χ0) is 36.8. The van der Waals surface area contributed by atoms with Crippen LogP contribution >= 0.6 is 0 Å². The van der Waals surface area contributed by atoms with Crippen molar-refractivity contribution >= 4 is 40.2 Å². The maximum atomic E-state index is 15.0. The number of hydrogen-bond acceptors (Lipinski definition) is 7. The van der Waals surface area contributed by atoms with Crippen LogP contribution in [-0.2, 0) is 28.7 Å². The van der Waals surface area contributed by atoms with E-state index >= 15 is 0 Å². The van der Waals surface area contributed by atoms with Crippen LogP contribution in [0.3, 0.4) is 0 Å². The highest BCUT2D eigenvalue weighted by molar-refractivity contribution is 6.05. The summed E-state index contributed by atoms with van der Waals surface area (Å²) >= 11 is 0. The van der Waals surface area contributed by atoms with E-state index in [2.05, 4.69) is 18.5 Å². The number of likely N-dealkylation sites (tertiary alicyclic amines) is 1. The maximum Gasteiger partial charge on any atom is 0.313 e. The predicted octanol–water partition coefficient (Wildman–Crippen LogP) is 5.65. The molecule has 6 rings (SSSR count). The molecule has 2 N–H and O–H groups in total. The van der Waals surface area contributed by atoms with E-state index in [1.54, 1.807) is 28.9 Å². The fraction of sp³-hybridized carbons (Fsp3) is 0.429. The number of rotatable bonds is 17. The Balaban J connectivity index is 1.32. The molecule has 3 fully saturated rings. The highest BCUT2D eigenvalue weighted by atomic mass is 16.6. The molecule has 3 amide bonds. The van der Waals surface area contributed by atoms with Crippen molar-refractivity contribution in [3.63, 3.8) is 0 Å². The zero-order valence-electron chi connectivity index (χ0n) is 29.8. The summed E-state index contributed by atoms with van der Waals surface area (Å²) in [4.78, 5) is 59.9. The van der Waals surface area contributed by atoms with Crippen LogP contribution in [0.15, 0.2) is 98.1 Å². The van der Waals surface area contributed by atoms with Crippen LogP contribution in [-0.4, -0.2) is 77.2 Å². The number of fused-ring (bicyclic) bond motifs is 2. The number of ether oxygens (including phenoxy) is 2. The van der Waals surface area contributed by atoms with Gasteiger partial charge in [-0.2, -0.15) is 0 Å². The fourth-order valence-electron chi connectivity index (χ4n) is 8.40. The lowest BCUT2D eigenvalue weighted by Gasteiger charge is -2.37. The summed E-state index contributed by atoms with van der Waals surface area (Å²) in [5, 5.41) is 14.4. The summed E-state index contributed by atoms with van der Waals surface area (Å²) in [7, 11) is 0. The first-order valence-electron chi connectivity index (χ1n) is 18.4. The molecule has 0 aromatic heterocycles. The van der Waals surface area contributed by atoms with E-state index in [4.69, 9.17) is 9.47 Å². The number of carbonyl (C=O) groups is 4. The minimum atomic E-state index is -1.22. The van der Waals surface area contributed by atoms with E-state index in [1.165, 1.54) is 0 Å². The molecule has 3 aromatic rings. The van der Waals surface area contributed by atoms with Gasteiger partial charge in [-0.3, -0.25) is 19.2 Å². The summed E-state index contributed by atoms with van der Waals surface area (Å²) < 4.78 is 13.0. The molecular weight excluding hydrogens is 658 g/mol. The standard InChI is InChI=1S/C42H49N3O7/c1-4-6-19-34(47)43-28(3)37(30-16-9-7-10-17-30)51-41(50)35-33-22-23-42(52-33)36(35)39(48)45(25-13-8-14-26-46)38(42)40(49)44(24-5-2)32-21-20-29-15-11-12-18-31(29)27-32/h4-5,7,9-12,15-18,20-21,27-28,33,35-38,46H,1-2,6,8,13-14,19,22-26H2,3H3,(H,43,47)/t28-,33-,35+,36+,37-,38-,42+/m1/s1. The third kappa shape index (κ3) is 7.14. The second-order valence-electron chi connectivity index (χ2n) is 14.1. The van der Waals surface area contributed by atoms with Crippen molar-refractivity contribution in [3.05, 3.63) is 104 Å². The fourth-order valence-corrected chi connectivity index (χ4v) is 8.40. The summed E-state index contributed by atoms with van der Waals surface area (Å²) in [6.07, 6.45) is 5.45. The topological polar surface area (TPSA) is 125 Å². The molecular formula is C42H49N3O7. The number of benzene rings is 3. The molecule has 0 saturated carbocycles. The number of aliphatic hydroxyl groups excluding tert-OH is 1. The van der Waals surface area contributed by atoms with E-state index in [0.29, 0.717) is 49.8 Å². The minimum absolute atomic E-state index is 0.0341. The van der Waals surface area contributed by atoms with Gasteiger partial charge in [0, 0.05) is 31.8 Å². The molecule has 0 radical (unpaired) electrons. The monoisotopic (exact) mass is 707 g/mol. The van der Waals surface area contributed by atoms with Gasteiger partial charge in [0.05, 0.1) is 24.0 Å². The second kappa shape index (κ2) is 16.3. The van der Waals surface area contributed by atoms with Crippen molar-refractivity contribution in [1.82, 2.24) is 10.2 Å². The number of amides is 3. The number of carbonyl (C=O) groups excluding carboxylic acids is 4. The van der Waals surface area contributed by atoms with Crippen LogP contribution in [0.1, 0.15) is 63.5 Å².